The summed E-state index contributed by atoms with van der Waals surface area (Å²) in [6.07, 6.45) is 5.37. The number of carbonyl (C=O) groups excluding carboxylic acids is 1. The van der Waals surface area contributed by atoms with Crippen LogP contribution in [0.3, 0.4) is 0 Å². The van der Waals surface area contributed by atoms with Gasteiger partial charge in [-0.1, -0.05) is 6.92 Å². The van der Waals surface area contributed by atoms with Crippen molar-refractivity contribution in [2.75, 3.05) is 13.1 Å². The van der Waals surface area contributed by atoms with Crippen LogP contribution in [0.2, 0.25) is 0 Å². The first-order valence-corrected chi connectivity index (χ1v) is 7.33. The summed E-state index contributed by atoms with van der Waals surface area (Å²) in [7, 11) is 0. The molecule has 2 fully saturated rings. The molecule has 2 rings (SSSR count). The minimum Gasteiger partial charge on any atom is -0.481 e. The first-order valence-electron chi connectivity index (χ1n) is 7.33. The van der Waals surface area contributed by atoms with Gasteiger partial charge in [0.15, 0.2) is 0 Å². The minimum atomic E-state index is -0.832. The number of rotatable bonds is 4. The Labute approximate surface area is 114 Å². The number of hydrogen-bond donors (Lipinski definition) is 2. The van der Waals surface area contributed by atoms with Crippen LogP contribution < -0.4 is 5.32 Å². The summed E-state index contributed by atoms with van der Waals surface area (Å²) in [5, 5.41) is 11.8. The van der Waals surface area contributed by atoms with Crippen LogP contribution in [-0.4, -0.2) is 41.1 Å². The zero-order valence-corrected chi connectivity index (χ0v) is 11.6. The predicted octanol–water partition coefficient (Wildman–Crippen LogP) is 2.07. The highest BCUT2D eigenvalue weighted by Gasteiger charge is 2.34. The van der Waals surface area contributed by atoms with Gasteiger partial charge in [0.25, 0.3) is 0 Å². The monoisotopic (exact) mass is 268 g/mol. The molecule has 2 amide bonds. The number of carboxylic acid groups (broad SMARTS) is 1. The summed E-state index contributed by atoms with van der Waals surface area (Å²) >= 11 is 0. The van der Waals surface area contributed by atoms with E-state index in [-0.39, 0.29) is 18.5 Å². The van der Waals surface area contributed by atoms with Gasteiger partial charge in [-0.15, -0.1) is 0 Å². The van der Waals surface area contributed by atoms with Gasteiger partial charge in [0.05, 0.1) is 6.42 Å². The van der Waals surface area contributed by atoms with Crippen molar-refractivity contribution >= 4 is 12.0 Å². The second-order valence-electron chi connectivity index (χ2n) is 6.01. The van der Waals surface area contributed by atoms with Crippen LogP contribution in [0.15, 0.2) is 0 Å². The third kappa shape index (κ3) is 4.40. The van der Waals surface area contributed by atoms with Crippen molar-refractivity contribution in [1.29, 1.82) is 0 Å². The maximum absolute atomic E-state index is 12.2. The number of amides is 2. The van der Waals surface area contributed by atoms with Crippen LogP contribution in [0, 0.1) is 11.8 Å². The molecule has 0 bridgehead atoms. The molecule has 1 saturated carbocycles. The molecule has 0 aromatic carbocycles. The summed E-state index contributed by atoms with van der Waals surface area (Å²) in [6.45, 7) is 3.80. The van der Waals surface area contributed by atoms with Gasteiger partial charge in [-0.2, -0.15) is 0 Å². The number of likely N-dealkylation sites (tertiary alicyclic amines) is 1. The normalized spacial score (nSPS) is 25.5. The van der Waals surface area contributed by atoms with Crippen LogP contribution in [-0.2, 0) is 4.79 Å². The lowest BCUT2D eigenvalue weighted by atomic mass is 10.0. The van der Waals surface area contributed by atoms with Gasteiger partial charge in [-0.3, -0.25) is 4.79 Å². The summed E-state index contributed by atoms with van der Waals surface area (Å²) in [6, 6.07) is -0.266. The zero-order chi connectivity index (χ0) is 13.8. The largest absolute Gasteiger partial charge is 0.481 e. The number of nitrogens with zero attached hydrogens (tertiary/aromatic N) is 1. The van der Waals surface area contributed by atoms with Crippen LogP contribution >= 0.6 is 0 Å². The molecule has 0 spiro atoms. The van der Waals surface area contributed by atoms with Crippen molar-refractivity contribution in [1.82, 2.24) is 10.2 Å². The maximum atomic E-state index is 12.2. The minimum absolute atomic E-state index is 0.0423. The standard InChI is InChI=1S/C14H24N2O3/c1-10-3-2-7-16(8-6-10)14(19)15-12(9-13(17)18)11-4-5-11/h10-12H,2-9H2,1H3,(H,15,19)(H,17,18). The average Bonchev–Trinajstić information content (AvgIpc) is 3.14. The molecular formula is C14H24N2O3. The van der Waals surface area contributed by atoms with Gasteiger partial charge in [-0.25, -0.2) is 4.79 Å². The molecule has 0 aromatic rings. The highest BCUT2D eigenvalue weighted by atomic mass is 16.4. The highest BCUT2D eigenvalue weighted by molar-refractivity contribution is 5.76. The summed E-state index contributed by atoms with van der Waals surface area (Å²) in [5.74, 6) is 0.212. The van der Waals surface area contributed by atoms with Crippen molar-refractivity contribution in [3.63, 3.8) is 0 Å². The van der Waals surface area contributed by atoms with Crippen LogP contribution in [0.5, 0.6) is 0 Å². The topological polar surface area (TPSA) is 69.6 Å². The molecule has 1 aliphatic heterocycles. The Bertz CT molecular complexity index is 342. The first kappa shape index (κ1) is 14.2. The van der Waals surface area contributed by atoms with Gasteiger partial charge in [0.2, 0.25) is 0 Å². The van der Waals surface area contributed by atoms with E-state index in [1.54, 1.807) is 0 Å². The molecule has 0 radical (unpaired) electrons. The molecule has 5 nitrogen and oxygen atoms in total. The van der Waals surface area contributed by atoms with E-state index in [0.717, 1.165) is 38.8 Å². The van der Waals surface area contributed by atoms with E-state index in [0.29, 0.717) is 11.8 Å². The van der Waals surface area contributed by atoms with Gasteiger partial charge in [0.1, 0.15) is 0 Å². The Morgan fingerprint density at radius 3 is 2.63 bits per heavy atom. The fourth-order valence-electron chi connectivity index (χ4n) is 2.74. The van der Waals surface area contributed by atoms with Crippen molar-refractivity contribution in [2.45, 2.75) is 51.5 Å². The number of carbonyl (C=O) groups is 2. The van der Waals surface area contributed by atoms with Crippen molar-refractivity contribution in [3.8, 4) is 0 Å². The molecule has 2 atom stereocenters. The van der Waals surface area contributed by atoms with E-state index < -0.39 is 5.97 Å². The molecule has 5 heteroatoms. The Morgan fingerprint density at radius 2 is 2.00 bits per heavy atom. The molecule has 2 N–H and O–H groups in total. The van der Waals surface area contributed by atoms with Crippen molar-refractivity contribution in [3.05, 3.63) is 0 Å². The Balaban J connectivity index is 1.85. The molecule has 1 heterocycles. The van der Waals surface area contributed by atoms with E-state index in [1.165, 1.54) is 6.42 Å². The van der Waals surface area contributed by atoms with Crippen molar-refractivity contribution < 1.29 is 14.7 Å². The first-order chi connectivity index (χ1) is 9.06. The van der Waals surface area contributed by atoms with Gasteiger partial charge >= 0.3 is 12.0 Å². The smallest absolute Gasteiger partial charge is 0.317 e. The quantitative estimate of drug-likeness (QED) is 0.820. The highest BCUT2D eigenvalue weighted by Crippen LogP contribution is 2.34. The SMILES string of the molecule is CC1CCCN(C(=O)NC(CC(=O)O)C2CC2)CC1. The second-order valence-corrected chi connectivity index (χ2v) is 6.01. The summed E-state index contributed by atoms with van der Waals surface area (Å²) in [5.41, 5.74) is 0. The maximum Gasteiger partial charge on any atom is 0.317 e. The predicted molar refractivity (Wildman–Crippen MR) is 71.9 cm³/mol. The third-order valence-electron chi connectivity index (χ3n) is 4.20. The lowest BCUT2D eigenvalue weighted by Gasteiger charge is -2.24. The fourth-order valence-corrected chi connectivity index (χ4v) is 2.74. The molecule has 1 aliphatic carbocycles. The number of nitrogens with one attached hydrogen (secondary N) is 1. The van der Waals surface area contributed by atoms with E-state index in [1.807, 2.05) is 4.90 Å². The van der Waals surface area contributed by atoms with Gasteiger partial charge in [0, 0.05) is 19.1 Å². The number of carboxylic acids is 1. The van der Waals surface area contributed by atoms with Crippen LogP contribution in [0.25, 0.3) is 0 Å². The molecule has 19 heavy (non-hydrogen) atoms. The molecule has 2 unspecified atom stereocenters. The average molecular weight is 268 g/mol. The molecule has 1 saturated heterocycles. The van der Waals surface area contributed by atoms with Crippen molar-refractivity contribution in [2.24, 2.45) is 11.8 Å². The number of aliphatic carboxylic acids is 1. The summed E-state index contributed by atoms with van der Waals surface area (Å²) < 4.78 is 0. The molecular weight excluding hydrogens is 244 g/mol. The number of hydrogen-bond acceptors (Lipinski definition) is 2. The molecule has 2 aliphatic rings. The van der Waals surface area contributed by atoms with Crippen LogP contribution in [0.1, 0.15) is 45.4 Å². The number of urea groups is 1. The van der Waals surface area contributed by atoms with E-state index >= 15 is 0 Å². The fraction of sp³-hybridized carbons (Fsp3) is 0.857. The van der Waals surface area contributed by atoms with Crippen LogP contribution in [0.4, 0.5) is 4.79 Å². The molecule has 108 valence electrons. The van der Waals surface area contributed by atoms with E-state index in [4.69, 9.17) is 5.11 Å². The third-order valence-corrected chi connectivity index (χ3v) is 4.20. The lowest BCUT2D eigenvalue weighted by molar-refractivity contribution is -0.137. The van der Waals surface area contributed by atoms with Gasteiger partial charge in [-0.05, 0) is 43.9 Å². The van der Waals surface area contributed by atoms with Gasteiger partial charge < -0.3 is 15.3 Å². The van der Waals surface area contributed by atoms with E-state index in [2.05, 4.69) is 12.2 Å². The molecule has 0 aromatic heterocycles. The van der Waals surface area contributed by atoms with E-state index in [9.17, 15) is 9.59 Å². The summed E-state index contributed by atoms with van der Waals surface area (Å²) in [4.78, 5) is 24.9. The lowest BCUT2D eigenvalue weighted by Crippen LogP contribution is -2.46. The Kier molecular flexibility index (Phi) is 4.66. The zero-order valence-electron chi connectivity index (χ0n) is 11.6. The second kappa shape index (κ2) is 6.26. The Hall–Kier alpha value is -1.26. The Morgan fingerprint density at radius 1 is 1.26 bits per heavy atom.